The number of piperazine rings is 1. The summed E-state index contributed by atoms with van der Waals surface area (Å²) in [6.45, 7) is 7.31. The number of aromatic nitrogens is 3. The van der Waals surface area contributed by atoms with Crippen LogP contribution in [0, 0.1) is 0 Å². The fraction of sp³-hybridized carbons (Fsp3) is 0.500. The summed E-state index contributed by atoms with van der Waals surface area (Å²) in [5.41, 5.74) is 1.54. The average molecular weight is 359 g/mol. The molecule has 0 amide bonds. The SMILES string of the molecule is CCOC(=O)c1cnnn1CCN1CCN(c2ccccc2OC)CC1. The Labute approximate surface area is 153 Å². The maximum absolute atomic E-state index is 11.9. The van der Waals surface area contributed by atoms with Crippen LogP contribution in [0.1, 0.15) is 17.4 Å². The summed E-state index contributed by atoms with van der Waals surface area (Å²) in [6, 6.07) is 8.10. The lowest BCUT2D eigenvalue weighted by Gasteiger charge is -2.36. The number of hydrogen-bond acceptors (Lipinski definition) is 7. The van der Waals surface area contributed by atoms with Crippen LogP contribution in [-0.2, 0) is 11.3 Å². The molecule has 26 heavy (non-hydrogen) atoms. The molecule has 3 rings (SSSR count). The highest BCUT2D eigenvalue weighted by atomic mass is 16.5. The molecule has 140 valence electrons. The smallest absolute Gasteiger partial charge is 0.358 e. The van der Waals surface area contributed by atoms with Crippen LogP contribution in [-0.4, -0.2) is 72.3 Å². The molecule has 2 aromatic rings. The highest BCUT2D eigenvalue weighted by molar-refractivity contribution is 5.87. The van der Waals surface area contributed by atoms with Gasteiger partial charge in [-0.1, -0.05) is 17.3 Å². The van der Waals surface area contributed by atoms with Gasteiger partial charge < -0.3 is 14.4 Å². The van der Waals surface area contributed by atoms with Crippen molar-refractivity contribution < 1.29 is 14.3 Å². The van der Waals surface area contributed by atoms with Crippen molar-refractivity contribution in [2.45, 2.75) is 13.5 Å². The molecule has 8 nitrogen and oxygen atoms in total. The van der Waals surface area contributed by atoms with E-state index in [1.54, 1.807) is 18.7 Å². The van der Waals surface area contributed by atoms with Crippen LogP contribution in [0.15, 0.2) is 30.5 Å². The summed E-state index contributed by atoms with van der Waals surface area (Å²) >= 11 is 0. The van der Waals surface area contributed by atoms with Gasteiger partial charge in [-0.3, -0.25) is 4.90 Å². The van der Waals surface area contributed by atoms with Crippen molar-refractivity contribution in [1.29, 1.82) is 0 Å². The number of methoxy groups -OCH3 is 1. The van der Waals surface area contributed by atoms with Crippen molar-refractivity contribution in [1.82, 2.24) is 19.9 Å². The van der Waals surface area contributed by atoms with Crippen LogP contribution in [0.25, 0.3) is 0 Å². The summed E-state index contributed by atoms with van der Waals surface area (Å²) in [4.78, 5) is 16.6. The van der Waals surface area contributed by atoms with Crippen LogP contribution in [0.5, 0.6) is 5.75 Å². The molecule has 1 aliphatic heterocycles. The number of benzene rings is 1. The first-order chi connectivity index (χ1) is 12.7. The lowest BCUT2D eigenvalue weighted by atomic mass is 10.2. The second-order valence-electron chi connectivity index (χ2n) is 6.06. The van der Waals surface area contributed by atoms with E-state index in [0.717, 1.165) is 44.2 Å². The topological polar surface area (TPSA) is 72.7 Å². The number of hydrogen-bond donors (Lipinski definition) is 0. The van der Waals surface area contributed by atoms with Gasteiger partial charge in [0, 0.05) is 32.7 Å². The summed E-state index contributed by atoms with van der Waals surface area (Å²) in [5.74, 6) is 0.529. The van der Waals surface area contributed by atoms with E-state index in [9.17, 15) is 4.79 Å². The third-order valence-corrected chi connectivity index (χ3v) is 4.53. The van der Waals surface area contributed by atoms with Gasteiger partial charge in [-0.25, -0.2) is 9.48 Å². The van der Waals surface area contributed by atoms with Gasteiger partial charge in [-0.15, -0.1) is 5.10 Å². The summed E-state index contributed by atoms with van der Waals surface area (Å²) in [7, 11) is 1.70. The van der Waals surface area contributed by atoms with Gasteiger partial charge in [0.05, 0.1) is 32.1 Å². The molecule has 0 spiro atoms. The molecule has 0 aliphatic carbocycles. The summed E-state index contributed by atoms with van der Waals surface area (Å²) in [6.07, 6.45) is 1.46. The van der Waals surface area contributed by atoms with E-state index >= 15 is 0 Å². The number of anilines is 1. The minimum Gasteiger partial charge on any atom is -0.495 e. The van der Waals surface area contributed by atoms with Crippen molar-refractivity contribution in [2.75, 3.05) is 51.3 Å². The normalized spacial score (nSPS) is 15.1. The van der Waals surface area contributed by atoms with Crippen molar-refractivity contribution in [3.8, 4) is 5.75 Å². The quantitative estimate of drug-likeness (QED) is 0.690. The van der Waals surface area contributed by atoms with Gasteiger partial charge in [0.1, 0.15) is 5.75 Å². The standard InChI is InChI=1S/C18H25N5O3/c1-3-26-18(24)16-14-19-20-23(16)13-10-21-8-11-22(12-9-21)15-6-4-5-7-17(15)25-2/h4-7,14H,3,8-13H2,1-2H3. The number of carbonyl (C=O) groups is 1. The Balaban J connectivity index is 1.52. The molecule has 0 atom stereocenters. The first kappa shape index (κ1) is 18.2. The van der Waals surface area contributed by atoms with Gasteiger partial charge in [-0.05, 0) is 19.1 Å². The molecular formula is C18H25N5O3. The Morgan fingerprint density at radius 1 is 1.15 bits per heavy atom. The molecule has 0 saturated carbocycles. The van der Waals surface area contributed by atoms with Crippen LogP contribution in [0.4, 0.5) is 5.69 Å². The van der Waals surface area contributed by atoms with E-state index in [4.69, 9.17) is 9.47 Å². The predicted octanol–water partition coefficient (Wildman–Crippen LogP) is 1.29. The molecule has 8 heteroatoms. The van der Waals surface area contributed by atoms with Gasteiger partial charge >= 0.3 is 5.97 Å². The molecule has 1 aromatic heterocycles. The van der Waals surface area contributed by atoms with E-state index in [2.05, 4.69) is 26.2 Å². The molecule has 1 fully saturated rings. The number of rotatable bonds is 7. The second kappa shape index (κ2) is 8.66. The Hall–Kier alpha value is -2.61. The molecule has 1 aromatic carbocycles. The van der Waals surface area contributed by atoms with E-state index in [-0.39, 0.29) is 5.97 Å². The fourth-order valence-electron chi connectivity index (χ4n) is 3.13. The number of nitrogens with zero attached hydrogens (tertiary/aromatic N) is 5. The predicted molar refractivity (Wildman–Crippen MR) is 97.6 cm³/mol. The molecule has 0 N–H and O–H groups in total. The minimum atomic E-state index is -0.376. The van der Waals surface area contributed by atoms with Crippen molar-refractivity contribution in [2.24, 2.45) is 0 Å². The van der Waals surface area contributed by atoms with E-state index in [1.807, 2.05) is 18.2 Å². The molecule has 0 bridgehead atoms. The Bertz CT molecular complexity index is 725. The molecule has 2 heterocycles. The van der Waals surface area contributed by atoms with Crippen molar-refractivity contribution in [3.63, 3.8) is 0 Å². The highest BCUT2D eigenvalue weighted by Gasteiger charge is 2.20. The van der Waals surface area contributed by atoms with Crippen molar-refractivity contribution in [3.05, 3.63) is 36.2 Å². The lowest BCUT2D eigenvalue weighted by Crippen LogP contribution is -2.47. The first-order valence-electron chi connectivity index (χ1n) is 8.89. The summed E-state index contributed by atoms with van der Waals surface area (Å²) < 4.78 is 12.1. The summed E-state index contributed by atoms with van der Waals surface area (Å²) in [5, 5.41) is 7.83. The Morgan fingerprint density at radius 3 is 2.65 bits per heavy atom. The fourth-order valence-corrected chi connectivity index (χ4v) is 3.13. The van der Waals surface area contributed by atoms with Gasteiger partial charge in [-0.2, -0.15) is 0 Å². The zero-order valence-electron chi connectivity index (χ0n) is 15.3. The van der Waals surface area contributed by atoms with E-state index < -0.39 is 0 Å². The largest absolute Gasteiger partial charge is 0.495 e. The molecule has 1 saturated heterocycles. The monoisotopic (exact) mass is 359 g/mol. The number of carbonyl (C=O) groups excluding carboxylic acids is 1. The van der Waals surface area contributed by atoms with Crippen LogP contribution in [0.3, 0.4) is 0 Å². The maximum Gasteiger partial charge on any atom is 0.358 e. The highest BCUT2D eigenvalue weighted by Crippen LogP contribution is 2.28. The minimum absolute atomic E-state index is 0.342. The Kier molecular flexibility index (Phi) is 6.06. The second-order valence-corrected chi connectivity index (χ2v) is 6.06. The van der Waals surface area contributed by atoms with Crippen molar-refractivity contribution >= 4 is 11.7 Å². The third kappa shape index (κ3) is 4.13. The Morgan fingerprint density at radius 2 is 1.92 bits per heavy atom. The average Bonchev–Trinajstić information content (AvgIpc) is 3.16. The molecule has 0 unspecified atom stereocenters. The molecular weight excluding hydrogens is 334 g/mol. The van der Waals surface area contributed by atoms with Crippen LogP contribution >= 0.6 is 0 Å². The zero-order chi connectivity index (χ0) is 18.4. The molecule has 0 radical (unpaired) electrons. The first-order valence-corrected chi connectivity index (χ1v) is 8.89. The van der Waals surface area contributed by atoms with E-state index in [0.29, 0.717) is 18.8 Å². The van der Waals surface area contributed by atoms with E-state index in [1.165, 1.54) is 6.20 Å². The number of ether oxygens (including phenoxy) is 2. The van der Waals surface area contributed by atoms with Crippen LogP contribution in [0.2, 0.25) is 0 Å². The maximum atomic E-state index is 11.9. The number of esters is 1. The zero-order valence-corrected chi connectivity index (χ0v) is 15.3. The lowest BCUT2D eigenvalue weighted by molar-refractivity contribution is 0.0510. The third-order valence-electron chi connectivity index (χ3n) is 4.53. The van der Waals surface area contributed by atoms with Gasteiger partial charge in [0.2, 0.25) is 0 Å². The molecule has 1 aliphatic rings. The van der Waals surface area contributed by atoms with Gasteiger partial charge in [0.25, 0.3) is 0 Å². The van der Waals surface area contributed by atoms with Gasteiger partial charge in [0.15, 0.2) is 5.69 Å². The number of para-hydroxylation sites is 2. The van der Waals surface area contributed by atoms with Crippen LogP contribution < -0.4 is 9.64 Å².